The van der Waals surface area contributed by atoms with Crippen LogP contribution >= 0.6 is 15.6 Å². The summed E-state index contributed by atoms with van der Waals surface area (Å²) in [6.45, 7) is 26.3. The molecule has 8 nitrogen and oxygen atoms in total. The largest absolute Gasteiger partial charge is 0.584 e. The highest BCUT2D eigenvalue weighted by molar-refractivity contribution is 7.48. The predicted octanol–water partition coefficient (Wildman–Crippen LogP) is 14.3. The summed E-state index contributed by atoms with van der Waals surface area (Å²) in [6.07, 6.45) is 6.77. The molecule has 10 rings (SSSR count). The van der Waals surface area contributed by atoms with Crippen molar-refractivity contribution in [3.05, 3.63) is 156 Å². The second kappa shape index (κ2) is 18.8. The molecule has 2 aliphatic carbocycles. The van der Waals surface area contributed by atoms with Gasteiger partial charge < -0.3 is 13.6 Å². The first-order valence-corrected chi connectivity index (χ1v) is 28.9. The molecule has 4 aliphatic rings. The molecule has 2 aliphatic heterocycles. The van der Waals surface area contributed by atoms with E-state index >= 15 is 0 Å². The Bertz CT molecular complexity index is 3510. The molecule has 10 heteroatoms. The van der Waals surface area contributed by atoms with Crippen LogP contribution in [0.4, 0.5) is 0 Å². The molecule has 4 atom stereocenters. The molecule has 72 heavy (non-hydrogen) atoms. The Labute approximate surface area is 425 Å². The zero-order chi connectivity index (χ0) is 51.3. The molecule has 374 valence electrons. The lowest BCUT2D eigenvalue weighted by Crippen LogP contribution is -2.43. The van der Waals surface area contributed by atoms with Crippen LogP contribution in [-0.4, -0.2) is 15.9 Å². The van der Waals surface area contributed by atoms with Crippen molar-refractivity contribution < 1.29 is 37.0 Å². The first kappa shape index (κ1) is 50.1. The molecule has 2 heterocycles. The number of rotatable bonds is 9. The van der Waals surface area contributed by atoms with Crippen LogP contribution in [0.5, 0.6) is 17.2 Å². The number of hydrogen-bond acceptors (Lipinski definition) is 6. The smallest absolute Gasteiger partial charge is 0.403 e. The molecular weight excluding hydrogens is 935 g/mol. The molecule has 2 N–H and O–H groups in total. The molecule has 0 saturated heterocycles. The third-order valence-electron chi connectivity index (χ3n) is 15.1. The molecule has 0 bridgehead atoms. The lowest BCUT2D eigenvalue weighted by atomic mass is 9.77. The maximum absolute atomic E-state index is 14.9. The van der Waals surface area contributed by atoms with Crippen molar-refractivity contribution in [3.63, 3.8) is 0 Å². The van der Waals surface area contributed by atoms with Gasteiger partial charge in [-0.3, -0.25) is 14.3 Å². The molecule has 6 aromatic carbocycles. The van der Waals surface area contributed by atoms with Crippen molar-refractivity contribution >= 4 is 39.4 Å². The number of phosphoric ester groups is 2. The summed E-state index contributed by atoms with van der Waals surface area (Å²) in [6, 6.07) is 30.9. The van der Waals surface area contributed by atoms with E-state index in [1.165, 1.54) is 11.1 Å². The third-order valence-corrected chi connectivity index (χ3v) is 16.8. The van der Waals surface area contributed by atoms with Crippen molar-refractivity contribution in [2.24, 2.45) is 0 Å². The van der Waals surface area contributed by atoms with Crippen LogP contribution in [0.2, 0.25) is 0 Å². The Hall–Kier alpha value is -5.46. The minimum Gasteiger partial charge on any atom is -0.403 e. The molecule has 0 saturated carbocycles. The maximum atomic E-state index is 14.9. The summed E-state index contributed by atoms with van der Waals surface area (Å²) < 4.78 is 55.8. The minimum atomic E-state index is -4.96. The van der Waals surface area contributed by atoms with Crippen LogP contribution in [0.3, 0.4) is 0 Å². The molecule has 3 unspecified atom stereocenters. The molecule has 6 aromatic rings. The Morgan fingerprint density at radius 1 is 0.486 bits per heavy atom. The van der Waals surface area contributed by atoms with Gasteiger partial charge in [0.25, 0.3) is 0 Å². The number of phosphoric acid groups is 2. The van der Waals surface area contributed by atoms with Crippen molar-refractivity contribution in [3.8, 4) is 50.6 Å². The second-order valence-corrected chi connectivity index (χ2v) is 24.7. The van der Waals surface area contributed by atoms with Gasteiger partial charge in [0.15, 0.2) is 0 Å². The zero-order valence-electron chi connectivity index (χ0n) is 43.7. The van der Waals surface area contributed by atoms with Gasteiger partial charge in [-0.25, -0.2) is 9.13 Å². The van der Waals surface area contributed by atoms with Gasteiger partial charge >= 0.3 is 15.6 Å². The second-order valence-electron chi connectivity index (χ2n) is 22.0. The van der Waals surface area contributed by atoms with Gasteiger partial charge in [0.1, 0.15) is 23.4 Å². The fraction of sp³-hybridized carbons (Fsp3) is 0.355. The highest BCUT2D eigenvalue weighted by atomic mass is 31.2. The summed E-state index contributed by atoms with van der Waals surface area (Å²) in [5, 5.41) is 3.29. The standard InChI is InChI=1S/C62H68O8P2/c1-33(2)41-29-49(35(5)6)55(50(30-41)36(7)8)47-25-17-23-45-53-27-39-19-13-15-21-43(39)57(61(53)69-71(63,64)67-59(45)47)58-44-22-16-14-20-40(44)28-54-46-24-18-26-48(60(46)68-72(65,66)70-62(54)58)56-51(37(9)10)31-42(34(3)4)32-52(56)38(11)12/h13,15,17-38,53,61H,14,16H2,1-12H3,(H,63,64)(H,65,66)/t53-,61?/m1/s1. The van der Waals surface area contributed by atoms with Crippen LogP contribution in [0.1, 0.15) is 182 Å². The highest BCUT2D eigenvalue weighted by Gasteiger charge is 2.46. The lowest BCUT2D eigenvalue weighted by Gasteiger charge is -2.31. The van der Waals surface area contributed by atoms with E-state index in [9.17, 15) is 18.9 Å². The molecule has 0 aromatic heterocycles. The summed E-state index contributed by atoms with van der Waals surface area (Å²) in [4.78, 5) is 24.3. The van der Waals surface area contributed by atoms with Crippen LogP contribution < -0.4 is 34.4 Å². The van der Waals surface area contributed by atoms with Crippen LogP contribution in [0.25, 0.3) is 57.2 Å². The SMILES string of the molecule is CC(C)c1cc(C(C)C)c(-c2cccc3c2OP(=O)(O)Oc2c-3cc3c(c2C2=c4ccccc4=C[C@@H]4c5cccc(-c6c(C(C)C)cc(C(C)C)cc6C(C)C)c5OP(=O)(O)OC24)=CCCC=3)c(C(C)C)c1. The van der Waals surface area contributed by atoms with E-state index in [2.05, 4.69) is 126 Å². The average Bonchev–Trinajstić information content (AvgIpc) is 3.52. The quantitative estimate of drug-likeness (QED) is 0.138. The van der Waals surface area contributed by atoms with E-state index in [1.54, 1.807) is 0 Å². The Balaban J connectivity index is 1.27. The van der Waals surface area contributed by atoms with Crippen LogP contribution in [0, 0.1) is 0 Å². The van der Waals surface area contributed by atoms with Crippen molar-refractivity contribution in [1.29, 1.82) is 0 Å². The molecule has 0 amide bonds. The molecule has 0 radical (unpaired) electrons. The van der Waals surface area contributed by atoms with Crippen LogP contribution in [0.15, 0.2) is 91.0 Å². The van der Waals surface area contributed by atoms with Gasteiger partial charge in [-0.1, -0.05) is 186 Å². The fourth-order valence-corrected chi connectivity index (χ4v) is 13.4. The van der Waals surface area contributed by atoms with E-state index in [1.807, 2.05) is 66.7 Å². The summed E-state index contributed by atoms with van der Waals surface area (Å²) in [7, 11) is -9.88. The summed E-state index contributed by atoms with van der Waals surface area (Å²) >= 11 is 0. The van der Waals surface area contributed by atoms with Crippen LogP contribution in [-0.2, 0) is 13.7 Å². The topological polar surface area (TPSA) is 112 Å². The van der Waals surface area contributed by atoms with Crippen molar-refractivity contribution in [2.75, 3.05) is 0 Å². The van der Waals surface area contributed by atoms with E-state index in [0.717, 1.165) is 66.2 Å². The van der Waals surface area contributed by atoms with Gasteiger partial charge in [-0.05, 0) is 120 Å². The van der Waals surface area contributed by atoms with Gasteiger partial charge in [0.2, 0.25) is 0 Å². The number of benzene rings is 6. The number of fused-ring (bicyclic) bond motifs is 8. The predicted molar refractivity (Wildman–Crippen MR) is 293 cm³/mol. The van der Waals surface area contributed by atoms with Gasteiger partial charge in [0.05, 0.1) is 0 Å². The van der Waals surface area contributed by atoms with E-state index in [0.29, 0.717) is 57.4 Å². The van der Waals surface area contributed by atoms with E-state index < -0.39 is 27.7 Å². The number of hydrogen-bond donors (Lipinski definition) is 2. The van der Waals surface area contributed by atoms with E-state index in [4.69, 9.17) is 18.1 Å². The summed E-state index contributed by atoms with van der Waals surface area (Å²) in [5.41, 5.74) is 13.3. The number of para-hydroxylation sites is 2. The highest BCUT2D eigenvalue weighted by Crippen LogP contribution is 2.61. The molecule has 0 spiro atoms. The monoisotopic (exact) mass is 1000 g/mol. The average molecular weight is 1000 g/mol. The Morgan fingerprint density at radius 3 is 1.56 bits per heavy atom. The van der Waals surface area contributed by atoms with Gasteiger partial charge in [-0.2, -0.15) is 0 Å². The summed E-state index contributed by atoms with van der Waals surface area (Å²) in [5.74, 6) is 1.18. The van der Waals surface area contributed by atoms with Gasteiger partial charge in [-0.15, -0.1) is 0 Å². The van der Waals surface area contributed by atoms with Crippen molar-refractivity contribution in [1.82, 2.24) is 0 Å². The molecular formula is C62H68O8P2. The maximum Gasteiger partial charge on any atom is 0.584 e. The van der Waals surface area contributed by atoms with Crippen molar-refractivity contribution in [2.45, 2.75) is 143 Å². The van der Waals surface area contributed by atoms with E-state index in [-0.39, 0.29) is 35.2 Å². The fourth-order valence-electron chi connectivity index (χ4n) is 11.5. The first-order valence-electron chi connectivity index (χ1n) is 25.9. The zero-order valence-corrected chi connectivity index (χ0v) is 45.5. The lowest BCUT2D eigenvalue weighted by molar-refractivity contribution is 0.174. The van der Waals surface area contributed by atoms with Gasteiger partial charge in [0, 0.05) is 44.9 Å². The molecule has 0 fully saturated rings. The minimum absolute atomic E-state index is 0.130. The first-order chi connectivity index (χ1) is 34.1. The Kier molecular flexibility index (Phi) is 13.1. The third kappa shape index (κ3) is 8.75. The Morgan fingerprint density at radius 2 is 0.986 bits per heavy atom. The normalized spacial score (nSPS) is 21.0.